The molecule has 0 aliphatic carbocycles. The van der Waals surface area contributed by atoms with E-state index < -0.39 is 0 Å². The summed E-state index contributed by atoms with van der Waals surface area (Å²) in [7, 11) is 0. The maximum Gasteiger partial charge on any atom is 0.128 e. The molecule has 1 aromatic carbocycles. The van der Waals surface area contributed by atoms with E-state index in [0.717, 1.165) is 44.0 Å². The number of phenols is 1. The van der Waals surface area contributed by atoms with Gasteiger partial charge >= 0.3 is 0 Å². The maximum atomic E-state index is 9.70. The molecule has 21 heavy (non-hydrogen) atoms. The summed E-state index contributed by atoms with van der Waals surface area (Å²) in [6, 6.07) is 5.74. The minimum Gasteiger partial charge on any atom is -0.508 e. The summed E-state index contributed by atoms with van der Waals surface area (Å²) >= 11 is 0. The average molecular weight is 293 g/mol. The zero-order valence-electron chi connectivity index (χ0n) is 13.6. The Morgan fingerprint density at radius 1 is 1.38 bits per heavy atom. The standard InChI is InChI=1S/C17H27NO3/c1-5-18(9-10-20-6-2)15-12-17(3,4)21-16-11-13(19)7-8-14(15)16/h7-8,11,15,19H,5-6,9-10,12H2,1-4H3. The molecular weight excluding hydrogens is 266 g/mol. The SMILES string of the molecule is CCOCCN(CC)C1CC(C)(C)Oc2cc(O)ccc21. The molecule has 0 bridgehead atoms. The van der Waals surface area contributed by atoms with Gasteiger partial charge in [-0.2, -0.15) is 0 Å². The summed E-state index contributed by atoms with van der Waals surface area (Å²) in [5.41, 5.74) is 0.926. The zero-order valence-corrected chi connectivity index (χ0v) is 13.6. The number of benzene rings is 1. The van der Waals surface area contributed by atoms with Crippen molar-refractivity contribution in [2.75, 3.05) is 26.3 Å². The van der Waals surface area contributed by atoms with Gasteiger partial charge in [-0.3, -0.25) is 4.90 Å². The minimum absolute atomic E-state index is 0.232. The van der Waals surface area contributed by atoms with Gasteiger partial charge < -0.3 is 14.6 Å². The number of ether oxygens (including phenoxy) is 2. The molecule has 0 saturated carbocycles. The Kier molecular flexibility index (Phi) is 5.12. The van der Waals surface area contributed by atoms with Crippen LogP contribution in [0.3, 0.4) is 0 Å². The topological polar surface area (TPSA) is 41.9 Å². The van der Waals surface area contributed by atoms with Crippen LogP contribution >= 0.6 is 0 Å². The molecule has 0 radical (unpaired) electrons. The van der Waals surface area contributed by atoms with E-state index in [2.05, 4.69) is 25.7 Å². The van der Waals surface area contributed by atoms with E-state index in [-0.39, 0.29) is 11.4 Å². The molecule has 0 aromatic heterocycles. The molecule has 1 atom stereocenters. The first kappa shape index (κ1) is 16.1. The highest BCUT2D eigenvalue weighted by molar-refractivity contribution is 5.44. The summed E-state index contributed by atoms with van der Waals surface area (Å²) in [6.45, 7) is 11.8. The molecular formula is C17H27NO3. The fourth-order valence-corrected chi connectivity index (χ4v) is 2.99. The van der Waals surface area contributed by atoms with E-state index in [4.69, 9.17) is 9.47 Å². The number of phenolic OH excluding ortho intramolecular Hbond substituents is 1. The van der Waals surface area contributed by atoms with Crippen molar-refractivity contribution in [2.24, 2.45) is 0 Å². The molecule has 0 saturated heterocycles. The number of aromatic hydroxyl groups is 1. The zero-order chi connectivity index (χ0) is 15.5. The lowest BCUT2D eigenvalue weighted by Gasteiger charge is -2.42. The predicted molar refractivity (Wildman–Crippen MR) is 83.9 cm³/mol. The van der Waals surface area contributed by atoms with Gasteiger partial charge in [0.25, 0.3) is 0 Å². The molecule has 1 aliphatic rings. The summed E-state index contributed by atoms with van der Waals surface area (Å²) in [6.07, 6.45) is 0.935. The highest BCUT2D eigenvalue weighted by Crippen LogP contribution is 2.43. The first-order valence-electron chi connectivity index (χ1n) is 7.80. The van der Waals surface area contributed by atoms with Crippen LogP contribution in [0.1, 0.15) is 45.7 Å². The third-order valence-corrected chi connectivity index (χ3v) is 4.00. The van der Waals surface area contributed by atoms with Crippen molar-refractivity contribution in [2.45, 2.75) is 45.8 Å². The van der Waals surface area contributed by atoms with E-state index in [9.17, 15) is 5.11 Å². The molecule has 1 unspecified atom stereocenters. The van der Waals surface area contributed by atoms with Crippen molar-refractivity contribution in [3.05, 3.63) is 23.8 Å². The molecule has 1 aromatic rings. The molecule has 0 amide bonds. The van der Waals surface area contributed by atoms with Crippen LogP contribution in [0, 0.1) is 0 Å². The van der Waals surface area contributed by atoms with Crippen LogP contribution in [-0.4, -0.2) is 41.9 Å². The lowest BCUT2D eigenvalue weighted by atomic mass is 9.88. The Labute approximate surface area is 127 Å². The number of likely N-dealkylation sites (N-methyl/N-ethyl adjacent to an activating group) is 1. The molecule has 2 rings (SSSR count). The second-order valence-corrected chi connectivity index (χ2v) is 6.13. The van der Waals surface area contributed by atoms with Gasteiger partial charge in [0.15, 0.2) is 0 Å². The first-order chi connectivity index (χ1) is 9.96. The second-order valence-electron chi connectivity index (χ2n) is 6.13. The normalized spacial score (nSPS) is 20.1. The van der Waals surface area contributed by atoms with Gasteiger partial charge in [0.2, 0.25) is 0 Å². The minimum atomic E-state index is -0.232. The Bertz CT molecular complexity index is 473. The van der Waals surface area contributed by atoms with Gasteiger partial charge in [0, 0.05) is 37.2 Å². The number of hydrogen-bond acceptors (Lipinski definition) is 4. The number of fused-ring (bicyclic) bond motifs is 1. The van der Waals surface area contributed by atoms with Crippen LogP contribution in [0.4, 0.5) is 0 Å². The maximum absolute atomic E-state index is 9.70. The Hall–Kier alpha value is -1.26. The van der Waals surface area contributed by atoms with Crippen LogP contribution in [-0.2, 0) is 4.74 Å². The number of rotatable bonds is 6. The van der Waals surface area contributed by atoms with Crippen molar-refractivity contribution in [1.82, 2.24) is 4.90 Å². The average Bonchev–Trinajstić information content (AvgIpc) is 2.41. The third-order valence-electron chi connectivity index (χ3n) is 4.00. The second kappa shape index (κ2) is 6.67. The van der Waals surface area contributed by atoms with E-state index in [1.165, 1.54) is 0 Å². The number of nitrogens with zero attached hydrogens (tertiary/aromatic N) is 1. The quantitative estimate of drug-likeness (QED) is 0.817. The number of hydrogen-bond donors (Lipinski definition) is 1. The molecule has 1 aliphatic heterocycles. The van der Waals surface area contributed by atoms with E-state index >= 15 is 0 Å². The molecule has 0 spiro atoms. The fourth-order valence-electron chi connectivity index (χ4n) is 2.99. The van der Waals surface area contributed by atoms with Crippen molar-refractivity contribution < 1.29 is 14.6 Å². The first-order valence-corrected chi connectivity index (χ1v) is 7.80. The lowest BCUT2D eigenvalue weighted by molar-refractivity contribution is 0.0199. The fraction of sp³-hybridized carbons (Fsp3) is 0.647. The summed E-state index contributed by atoms with van der Waals surface area (Å²) in [5.74, 6) is 1.05. The van der Waals surface area contributed by atoms with Gasteiger partial charge in [-0.05, 0) is 33.4 Å². The van der Waals surface area contributed by atoms with Gasteiger partial charge in [0.05, 0.1) is 6.61 Å². The third kappa shape index (κ3) is 3.89. The van der Waals surface area contributed by atoms with Crippen molar-refractivity contribution in [1.29, 1.82) is 0 Å². The highest BCUT2D eigenvalue weighted by atomic mass is 16.5. The van der Waals surface area contributed by atoms with Crippen LogP contribution in [0.5, 0.6) is 11.5 Å². The highest BCUT2D eigenvalue weighted by Gasteiger charge is 2.36. The smallest absolute Gasteiger partial charge is 0.128 e. The van der Waals surface area contributed by atoms with E-state index in [1.54, 1.807) is 12.1 Å². The molecule has 118 valence electrons. The molecule has 4 nitrogen and oxygen atoms in total. The van der Waals surface area contributed by atoms with Crippen LogP contribution in [0.2, 0.25) is 0 Å². The Balaban J connectivity index is 2.25. The Morgan fingerprint density at radius 2 is 2.14 bits per heavy atom. The van der Waals surface area contributed by atoms with Gasteiger partial charge in [-0.25, -0.2) is 0 Å². The van der Waals surface area contributed by atoms with Gasteiger partial charge in [-0.15, -0.1) is 0 Å². The van der Waals surface area contributed by atoms with E-state index in [1.807, 2.05) is 13.0 Å². The molecule has 1 heterocycles. The predicted octanol–water partition coefficient (Wildman–Crippen LogP) is 3.35. The van der Waals surface area contributed by atoms with Crippen molar-refractivity contribution in [3.8, 4) is 11.5 Å². The van der Waals surface area contributed by atoms with Gasteiger partial charge in [0.1, 0.15) is 17.1 Å². The monoisotopic (exact) mass is 293 g/mol. The van der Waals surface area contributed by atoms with Crippen LogP contribution < -0.4 is 4.74 Å². The largest absolute Gasteiger partial charge is 0.508 e. The van der Waals surface area contributed by atoms with Crippen LogP contribution in [0.25, 0.3) is 0 Å². The molecule has 4 heteroatoms. The summed E-state index contributed by atoms with van der Waals surface area (Å²) in [4.78, 5) is 2.43. The van der Waals surface area contributed by atoms with Gasteiger partial charge in [-0.1, -0.05) is 13.0 Å². The summed E-state index contributed by atoms with van der Waals surface area (Å²) in [5, 5.41) is 9.70. The Morgan fingerprint density at radius 3 is 2.81 bits per heavy atom. The van der Waals surface area contributed by atoms with Crippen LogP contribution in [0.15, 0.2) is 18.2 Å². The van der Waals surface area contributed by atoms with E-state index in [0.29, 0.717) is 6.04 Å². The lowest BCUT2D eigenvalue weighted by Crippen LogP contribution is -2.42. The summed E-state index contributed by atoms with van der Waals surface area (Å²) < 4.78 is 11.5. The van der Waals surface area contributed by atoms with Crippen molar-refractivity contribution in [3.63, 3.8) is 0 Å². The van der Waals surface area contributed by atoms with Crippen molar-refractivity contribution >= 4 is 0 Å². The molecule has 1 N–H and O–H groups in total. The molecule has 0 fully saturated rings.